The molecule has 1 aromatic heterocycles. The van der Waals surface area contributed by atoms with Gasteiger partial charge < -0.3 is 9.47 Å². The van der Waals surface area contributed by atoms with Crippen LogP contribution in [0.15, 0.2) is 35.7 Å². The number of nitro groups is 1. The van der Waals surface area contributed by atoms with Crippen LogP contribution in [0, 0.1) is 10.1 Å². The Morgan fingerprint density at radius 1 is 1.32 bits per heavy atom. The van der Waals surface area contributed by atoms with E-state index >= 15 is 0 Å². The van der Waals surface area contributed by atoms with Crippen molar-refractivity contribution in [3.05, 3.63) is 56.3 Å². The molecule has 0 radical (unpaired) electrons. The number of carbonyl (C=O) groups is 2. The van der Waals surface area contributed by atoms with E-state index in [-0.39, 0.29) is 22.8 Å². The monoisotopic (exact) mass is 321 g/mol. The second kappa shape index (κ2) is 6.81. The molecule has 0 atom stereocenters. The number of esters is 1. The van der Waals surface area contributed by atoms with Crippen LogP contribution in [-0.4, -0.2) is 30.4 Å². The molecule has 0 saturated heterocycles. The molecule has 7 nitrogen and oxygen atoms in total. The Balaban J connectivity index is 2.13. The lowest BCUT2D eigenvalue weighted by molar-refractivity contribution is -0.384. The van der Waals surface area contributed by atoms with Crippen LogP contribution in [0.3, 0.4) is 0 Å². The van der Waals surface area contributed by atoms with Crippen molar-refractivity contribution < 1.29 is 24.0 Å². The lowest BCUT2D eigenvalue weighted by atomic mass is 10.2. The molecule has 0 N–H and O–H groups in total. The van der Waals surface area contributed by atoms with Gasteiger partial charge in [0.2, 0.25) is 5.78 Å². The molecule has 2 aromatic rings. The molecule has 114 valence electrons. The van der Waals surface area contributed by atoms with E-state index in [2.05, 4.69) is 0 Å². The van der Waals surface area contributed by atoms with Crippen molar-refractivity contribution in [2.45, 2.75) is 0 Å². The maximum atomic E-state index is 12.0. The van der Waals surface area contributed by atoms with Gasteiger partial charge in [-0.25, -0.2) is 4.79 Å². The van der Waals surface area contributed by atoms with Crippen molar-refractivity contribution in [1.82, 2.24) is 0 Å². The fourth-order valence-electron chi connectivity index (χ4n) is 1.69. The van der Waals surface area contributed by atoms with Gasteiger partial charge in [-0.15, -0.1) is 11.3 Å². The molecule has 0 aliphatic heterocycles. The fraction of sp³-hybridized carbons (Fsp3) is 0.143. The molecule has 0 unspecified atom stereocenters. The highest BCUT2D eigenvalue weighted by Crippen LogP contribution is 2.24. The highest BCUT2D eigenvalue weighted by molar-refractivity contribution is 7.12. The zero-order chi connectivity index (χ0) is 16.1. The summed E-state index contributed by atoms with van der Waals surface area (Å²) in [7, 11) is 1.33. The topological polar surface area (TPSA) is 95.7 Å². The number of ketones is 1. The lowest BCUT2D eigenvalue weighted by Crippen LogP contribution is -2.14. The van der Waals surface area contributed by atoms with E-state index in [4.69, 9.17) is 9.47 Å². The van der Waals surface area contributed by atoms with Gasteiger partial charge in [-0.05, 0) is 17.5 Å². The molecule has 0 aliphatic carbocycles. The Morgan fingerprint density at radius 2 is 2.09 bits per heavy atom. The van der Waals surface area contributed by atoms with Crippen LogP contribution in [-0.2, 0) is 4.74 Å². The van der Waals surface area contributed by atoms with Gasteiger partial charge in [0, 0.05) is 12.1 Å². The first-order valence-corrected chi connectivity index (χ1v) is 6.97. The van der Waals surface area contributed by atoms with Gasteiger partial charge in [-0.2, -0.15) is 0 Å². The van der Waals surface area contributed by atoms with Crippen LogP contribution < -0.4 is 4.74 Å². The number of carbonyl (C=O) groups excluding carboxylic acids is 2. The average Bonchev–Trinajstić information content (AvgIpc) is 3.06. The third-order valence-electron chi connectivity index (χ3n) is 2.74. The van der Waals surface area contributed by atoms with E-state index in [0.29, 0.717) is 4.88 Å². The number of ether oxygens (including phenoxy) is 2. The minimum Gasteiger partial charge on any atom is -0.496 e. The normalized spacial score (nSPS) is 10.0. The summed E-state index contributed by atoms with van der Waals surface area (Å²) < 4.78 is 9.88. The summed E-state index contributed by atoms with van der Waals surface area (Å²) in [4.78, 5) is 34.4. The number of methoxy groups -OCH3 is 1. The Hall–Kier alpha value is -2.74. The van der Waals surface area contributed by atoms with Gasteiger partial charge >= 0.3 is 5.97 Å². The van der Waals surface area contributed by atoms with Gasteiger partial charge in [0.05, 0.1) is 16.9 Å². The summed E-state index contributed by atoms with van der Waals surface area (Å²) in [6.45, 7) is -0.439. The Labute approximate surface area is 129 Å². The number of hydrogen-bond donors (Lipinski definition) is 0. The SMILES string of the molecule is COc1ccc([N+](=O)[O-])cc1C(=O)OCC(=O)c1cccs1. The summed E-state index contributed by atoms with van der Waals surface area (Å²) in [5.41, 5.74) is -0.368. The molecule has 0 aliphatic rings. The smallest absolute Gasteiger partial charge is 0.342 e. The largest absolute Gasteiger partial charge is 0.496 e. The maximum Gasteiger partial charge on any atom is 0.342 e. The Bertz CT molecular complexity index is 710. The van der Waals surface area contributed by atoms with Crippen LogP contribution >= 0.6 is 11.3 Å². The van der Waals surface area contributed by atoms with Crippen molar-refractivity contribution in [2.75, 3.05) is 13.7 Å². The summed E-state index contributed by atoms with van der Waals surface area (Å²) in [5, 5.41) is 12.5. The number of non-ortho nitro benzene ring substituents is 1. The van der Waals surface area contributed by atoms with Gasteiger partial charge in [-0.1, -0.05) is 6.07 Å². The van der Waals surface area contributed by atoms with E-state index in [1.807, 2.05) is 0 Å². The zero-order valence-electron chi connectivity index (χ0n) is 11.5. The maximum absolute atomic E-state index is 12.0. The second-order valence-corrected chi connectivity index (χ2v) is 5.07. The van der Waals surface area contributed by atoms with Crippen LogP contribution in [0.5, 0.6) is 5.75 Å². The third kappa shape index (κ3) is 3.47. The predicted octanol–water partition coefficient (Wildman–Crippen LogP) is 2.70. The Kier molecular flexibility index (Phi) is 4.84. The average molecular weight is 321 g/mol. The highest BCUT2D eigenvalue weighted by Gasteiger charge is 2.20. The first-order valence-electron chi connectivity index (χ1n) is 6.09. The Morgan fingerprint density at radius 3 is 2.68 bits per heavy atom. The van der Waals surface area contributed by atoms with Crippen molar-refractivity contribution in [3.8, 4) is 5.75 Å². The summed E-state index contributed by atoms with van der Waals surface area (Å²) in [6, 6.07) is 6.90. The molecule has 0 fully saturated rings. The summed E-state index contributed by atoms with van der Waals surface area (Å²) >= 11 is 1.24. The summed E-state index contributed by atoms with van der Waals surface area (Å²) in [5.74, 6) is -1.06. The number of hydrogen-bond acceptors (Lipinski definition) is 7. The first kappa shape index (κ1) is 15.6. The number of Topliss-reactive ketones (excluding diaryl/α,β-unsaturated/α-hetero) is 1. The van der Waals surface area contributed by atoms with Gasteiger partial charge in [0.15, 0.2) is 6.61 Å². The molecule has 1 heterocycles. The standard InChI is InChI=1S/C14H11NO6S/c1-20-12-5-4-9(15(18)19)7-10(12)14(17)21-8-11(16)13-3-2-6-22-13/h2-7H,8H2,1H3. The van der Waals surface area contributed by atoms with Crippen LogP contribution in [0.1, 0.15) is 20.0 Å². The molecule has 1 aromatic carbocycles. The third-order valence-corrected chi connectivity index (χ3v) is 3.66. The summed E-state index contributed by atoms with van der Waals surface area (Å²) in [6.07, 6.45) is 0. The van der Waals surface area contributed by atoms with E-state index in [0.717, 1.165) is 6.07 Å². The minimum absolute atomic E-state index is 0.101. The van der Waals surface area contributed by atoms with Crippen LogP contribution in [0.2, 0.25) is 0 Å². The number of rotatable bonds is 6. The van der Waals surface area contributed by atoms with Crippen molar-refractivity contribution in [2.24, 2.45) is 0 Å². The molecule has 0 saturated carbocycles. The van der Waals surface area contributed by atoms with Gasteiger partial charge in [0.25, 0.3) is 5.69 Å². The zero-order valence-corrected chi connectivity index (χ0v) is 12.3. The second-order valence-electron chi connectivity index (χ2n) is 4.12. The molecule has 0 bridgehead atoms. The molecule has 0 spiro atoms. The van der Waals surface area contributed by atoms with E-state index in [1.165, 1.54) is 30.6 Å². The predicted molar refractivity (Wildman–Crippen MR) is 78.6 cm³/mol. The molecular formula is C14H11NO6S. The lowest BCUT2D eigenvalue weighted by Gasteiger charge is -2.08. The number of nitrogens with zero attached hydrogens (tertiary/aromatic N) is 1. The highest BCUT2D eigenvalue weighted by atomic mass is 32.1. The molecular weight excluding hydrogens is 310 g/mol. The van der Waals surface area contributed by atoms with Crippen molar-refractivity contribution >= 4 is 28.8 Å². The van der Waals surface area contributed by atoms with E-state index in [9.17, 15) is 19.7 Å². The van der Waals surface area contributed by atoms with E-state index in [1.54, 1.807) is 17.5 Å². The van der Waals surface area contributed by atoms with Crippen LogP contribution in [0.4, 0.5) is 5.69 Å². The van der Waals surface area contributed by atoms with Crippen LogP contribution in [0.25, 0.3) is 0 Å². The number of nitro benzene ring substituents is 1. The molecule has 0 amide bonds. The van der Waals surface area contributed by atoms with Crippen molar-refractivity contribution in [3.63, 3.8) is 0 Å². The van der Waals surface area contributed by atoms with Crippen molar-refractivity contribution in [1.29, 1.82) is 0 Å². The molecule has 2 rings (SSSR count). The quantitative estimate of drug-likeness (QED) is 0.351. The van der Waals surface area contributed by atoms with Gasteiger partial charge in [0.1, 0.15) is 11.3 Å². The fourth-order valence-corrected chi connectivity index (χ4v) is 2.34. The number of benzene rings is 1. The first-order chi connectivity index (χ1) is 10.5. The van der Waals surface area contributed by atoms with E-state index < -0.39 is 17.5 Å². The minimum atomic E-state index is -0.856. The van der Waals surface area contributed by atoms with Gasteiger partial charge in [-0.3, -0.25) is 14.9 Å². The number of thiophene rings is 1. The molecule has 8 heteroatoms. The molecule has 22 heavy (non-hydrogen) atoms.